The topological polar surface area (TPSA) is 120 Å². The Labute approximate surface area is 107 Å². The van der Waals surface area contributed by atoms with Crippen LogP contribution in [0.15, 0.2) is 0 Å². The van der Waals surface area contributed by atoms with Gasteiger partial charge in [0, 0.05) is 17.9 Å². The van der Waals surface area contributed by atoms with Gasteiger partial charge < -0.3 is 29.7 Å². The van der Waals surface area contributed by atoms with Gasteiger partial charge in [-0.1, -0.05) is 0 Å². The first-order chi connectivity index (χ1) is 5.20. The van der Waals surface area contributed by atoms with E-state index in [9.17, 15) is 0 Å². The van der Waals surface area contributed by atoms with Gasteiger partial charge in [-0.25, -0.2) is 0 Å². The summed E-state index contributed by atoms with van der Waals surface area (Å²) in [6, 6.07) is 0. The van der Waals surface area contributed by atoms with Crippen molar-refractivity contribution in [1.82, 2.24) is 0 Å². The summed E-state index contributed by atoms with van der Waals surface area (Å²) in [6.07, 6.45) is 0. The quantitative estimate of drug-likeness (QED) is 0.393. The minimum atomic E-state index is -1.08. The number of hydrogen-bond acceptors (Lipinski definition) is 6. The van der Waals surface area contributed by atoms with Gasteiger partial charge in [-0.3, -0.25) is 0 Å². The summed E-state index contributed by atoms with van der Waals surface area (Å²) >= 11 is 0. The van der Waals surface area contributed by atoms with Gasteiger partial charge in [0.2, 0.25) is 0 Å². The molecule has 0 radical (unpaired) electrons. The fraction of sp³-hybridized carbons (Fsp3) is 0.500. The van der Waals surface area contributed by atoms with E-state index in [1.165, 1.54) is 0 Å². The van der Waals surface area contributed by atoms with Gasteiger partial charge in [0.1, 0.15) is 0 Å². The molecule has 0 heterocycles. The molecule has 0 aliphatic rings. The molecule has 0 fully saturated rings. The molecular formula is C6H9LiO6Zn. The molecule has 0 saturated heterocycles. The summed E-state index contributed by atoms with van der Waals surface area (Å²) in [7, 11) is 0. The fourth-order valence-electron chi connectivity index (χ4n) is 0. The Kier molecular flexibility index (Phi) is 47.8. The molecule has 6 nitrogen and oxygen atoms in total. The molecule has 0 rings (SSSR count). The SMILES string of the molecule is CC(=O)[O-].CC(=O)[O-].CC(=O)[O-].[Li+].[Zn+2]. The van der Waals surface area contributed by atoms with E-state index in [0.29, 0.717) is 0 Å². The number of rotatable bonds is 0. The van der Waals surface area contributed by atoms with Crippen molar-refractivity contribution in [2.24, 2.45) is 0 Å². The molecule has 0 bridgehead atoms. The van der Waals surface area contributed by atoms with Gasteiger partial charge in [0.05, 0.1) is 0 Å². The Hall–Kier alpha value is -0.369. The largest absolute Gasteiger partial charge is 2.00 e. The maximum absolute atomic E-state index is 8.89. The molecular weight excluding hydrogens is 240 g/mol. The molecule has 0 saturated carbocycles. The normalized spacial score (nSPS) is 5.36. The van der Waals surface area contributed by atoms with Crippen LogP contribution in [0.3, 0.4) is 0 Å². The van der Waals surface area contributed by atoms with Crippen LogP contribution < -0.4 is 34.2 Å². The van der Waals surface area contributed by atoms with Crippen LogP contribution in [0.4, 0.5) is 0 Å². The van der Waals surface area contributed by atoms with Gasteiger partial charge in [0.25, 0.3) is 0 Å². The molecule has 0 amide bonds. The molecule has 0 aliphatic carbocycles. The second kappa shape index (κ2) is 22.9. The number of hydrogen-bond donors (Lipinski definition) is 0. The summed E-state index contributed by atoms with van der Waals surface area (Å²) < 4.78 is 0. The molecule has 0 aromatic rings. The predicted octanol–water partition coefficient (Wildman–Crippen LogP) is -6.73. The molecule has 8 heteroatoms. The number of carbonyl (C=O) groups excluding carboxylic acids is 3. The van der Waals surface area contributed by atoms with Gasteiger partial charge in [-0.15, -0.1) is 0 Å². The van der Waals surface area contributed by atoms with Crippen molar-refractivity contribution in [1.29, 1.82) is 0 Å². The number of carboxylic acid groups (broad SMARTS) is 3. The maximum atomic E-state index is 8.89. The average molecular weight is 249 g/mol. The van der Waals surface area contributed by atoms with Crippen LogP contribution in [0, 0.1) is 0 Å². The van der Waals surface area contributed by atoms with Gasteiger partial charge in [-0.2, -0.15) is 0 Å². The van der Waals surface area contributed by atoms with Gasteiger partial charge in [0.15, 0.2) is 0 Å². The number of aliphatic carboxylic acids is 3. The zero-order valence-electron chi connectivity index (χ0n) is 8.66. The molecule has 0 atom stereocenters. The smallest absolute Gasteiger partial charge is 0.550 e. The van der Waals surface area contributed by atoms with Crippen molar-refractivity contribution in [2.45, 2.75) is 20.8 Å². The summed E-state index contributed by atoms with van der Waals surface area (Å²) in [5.74, 6) is -3.25. The van der Waals surface area contributed by atoms with Crippen molar-refractivity contribution in [3.8, 4) is 0 Å². The molecule has 0 aromatic carbocycles. The number of carboxylic acids is 3. The standard InChI is InChI=1S/3C2H4O2.Li.Zn/c3*1-2(3)4;;/h3*1H3,(H,3,4);;/q;;;+1;+2/p-3. The third-order valence-electron chi connectivity index (χ3n) is 0. The Morgan fingerprint density at radius 2 is 0.714 bits per heavy atom. The van der Waals surface area contributed by atoms with E-state index in [2.05, 4.69) is 0 Å². The zero-order valence-corrected chi connectivity index (χ0v) is 11.6. The monoisotopic (exact) mass is 248 g/mol. The molecule has 0 N–H and O–H groups in total. The molecule has 0 aromatic heterocycles. The first-order valence-electron chi connectivity index (χ1n) is 2.72. The third kappa shape index (κ3) is 9640. The molecule has 0 unspecified atom stereocenters. The summed E-state index contributed by atoms with van der Waals surface area (Å²) in [6.45, 7) is 2.92. The Morgan fingerprint density at radius 1 is 0.714 bits per heavy atom. The van der Waals surface area contributed by atoms with Gasteiger partial charge in [-0.05, 0) is 20.8 Å². The van der Waals surface area contributed by atoms with Crippen LogP contribution in [0.1, 0.15) is 20.8 Å². The van der Waals surface area contributed by atoms with E-state index in [4.69, 9.17) is 29.7 Å². The second-order valence-corrected chi connectivity index (χ2v) is 1.47. The van der Waals surface area contributed by atoms with E-state index < -0.39 is 17.9 Å². The van der Waals surface area contributed by atoms with Crippen molar-refractivity contribution in [3.63, 3.8) is 0 Å². The zero-order chi connectivity index (χ0) is 10.7. The number of carbonyl (C=O) groups is 3. The summed E-state index contributed by atoms with van der Waals surface area (Å²) in [5.41, 5.74) is 0. The molecule has 72 valence electrons. The minimum absolute atomic E-state index is 0. The second-order valence-electron chi connectivity index (χ2n) is 1.47. The third-order valence-corrected chi connectivity index (χ3v) is 0. The van der Waals surface area contributed by atoms with Crippen molar-refractivity contribution in [2.75, 3.05) is 0 Å². The van der Waals surface area contributed by atoms with Crippen LogP contribution in [0.2, 0.25) is 0 Å². The van der Waals surface area contributed by atoms with E-state index in [-0.39, 0.29) is 38.3 Å². The van der Waals surface area contributed by atoms with E-state index >= 15 is 0 Å². The molecule has 0 aliphatic heterocycles. The van der Waals surface area contributed by atoms with Crippen molar-refractivity contribution in [3.05, 3.63) is 0 Å². The van der Waals surface area contributed by atoms with E-state index in [1.807, 2.05) is 0 Å². The predicted molar refractivity (Wildman–Crippen MR) is 32.0 cm³/mol. The van der Waals surface area contributed by atoms with Gasteiger partial charge >= 0.3 is 38.3 Å². The van der Waals surface area contributed by atoms with Crippen LogP contribution >= 0.6 is 0 Å². The summed E-state index contributed by atoms with van der Waals surface area (Å²) in [5, 5.41) is 26.7. The minimum Gasteiger partial charge on any atom is -0.550 e. The van der Waals surface area contributed by atoms with Crippen LogP contribution in [-0.2, 0) is 33.9 Å². The average Bonchev–Trinajstić information content (AvgIpc) is 1.54. The summed E-state index contributed by atoms with van der Waals surface area (Å²) in [4.78, 5) is 26.7. The molecule has 14 heavy (non-hydrogen) atoms. The Balaban J connectivity index is -0.0000000270. The van der Waals surface area contributed by atoms with Crippen LogP contribution in [0.5, 0.6) is 0 Å². The fourth-order valence-corrected chi connectivity index (χ4v) is 0. The van der Waals surface area contributed by atoms with Crippen molar-refractivity contribution >= 4 is 17.9 Å². The first-order valence-corrected chi connectivity index (χ1v) is 2.72. The van der Waals surface area contributed by atoms with E-state index in [0.717, 1.165) is 20.8 Å². The van der Waals surface area contributed by atoms with Crippen LogP contribution in [-0.4, -0.2) is 17.9 Å². The van der Waals surface area contributed by atoms with E-state index in [1.54, 1.807) is 0 Å². The Morgan fingerprint density at radius 3 is 0.714 bits per heavy atom. The maximum Gasteiger partial charge on any atom is 2.00 e. The Bertz CT molecular complexity index is 120. The van der Waals surface area contributed by atoms with Crippen molar-refractivity contribution < 1.29 is 68.0 Å². The van der Waals surface area contributed by atoms with Crippen LogP contribution in [0.25, 0.3) is 0 Å². The first kappa shape index (κ1) is 29.2. The molecule has 0 spiro atoms.